The Balaban J connectivity index is 1.29. The molecule has 17 heteroatoms. The number of amides is 4. The molecule has 63 heavy (non-hydrogen) atoms. The molecule has 2 aromatic heterocycles. The van der Waals surface area contributed by atoms with Gasteiger partial charge in [0.2, 0.25) is 27.7 Å². The Hall–Kier alpha value is -5.45. The molecule has 4 amide bonds. The number of methoxy groups -OCH3 is 1. The van der Waals surface area contributed by atoms with Crippen LogP contribution in [0.3, 0.4) is 0 Å². The van der Waals surface area contributed by atoms with Crippen LogP contribution in [0.2, 0.25) is 0 Å². The fourth-order valence-electron chi connectivity index (χ4n) is 9.05. The first-order valence-electron chi connectivity index (χ1n) is 21.9. The molecule has 0 radical (unpaired) electrons. The molecule has 2 aliphatic carbocycles. The average molecular weight is 889 g/mol. The lowest BCUT2D eigenvalue weighted by Crippen LogP contribution is -2.62. The van der Waals surface area contributed by atoms with Crippen LogP contribution in [0.4, 0.5) is 4.79 Å². The first-order valence-corrected chi connectivity index (χ1v) is 23.4. The molecule has 0 unspecified atom stereocenters. The predicted octanol–water partition coefficient (Wildman–Crippen LogP) is 6.08. The summed E-state index contributed by atoms with van der Waals surface area (Å²) in [5.41, 5.74) is -1.56. The minimum Gasteiger partial charge on any atom is -0.497 e. The van der Waals surface area contributed by atoms with Crippen LogP contribution in [0, 0.1) is 17.8 Å². The van der Waals surface area contributed by atoms with Gasteiger partial charge < -0.3 is 29.5 Å². The molecular weight excluding hydrogens is 829 g/mol. The third-order valence-electron chi connectivity index (χ3n) is 12.4. The van der Waals surface area contributed by atoms with E-state index in [0.717, 1.165) is 11.8 Å². The third-order valence-corrected chi connectivity index (χ3v) is 14.3. The summed E-state index contributed by atoms with van der Waals surface area (Å²) in [7, 11) is -2.39. The molecule has 1 aromatic carbocycles. The summed E-state index contributed by atoms with van der Waals surface area (Å²) in [6, 6.07) is 8.47. The molecule has 7 atom stereocenters. The van der Waals surface area contributed by atoms with E-state index in [4.69, 9.17) is 19.2 Å². The summed E-state index contributed by atoms with van der Waals surface area (Å²) in [5, 5.41) is 14.3. The number of carbonyl (C=O) groups excluding carboxylic acids is 3. The number of allylic oxidation sites excluding steroid dienone is 1. The number of nitrogens with one attached hydrogen (secondary N) is 2. The van der Waals surface area contributed by atoms with Crippen LogP contribution in [0.1, 0.15) is 93.4 Å². The van der Waals surface area contributed by atoms with Gasteiger partial charge in [0.25, 0.3) is 5.91 Å². The van der Waals surface area contributed by atoms with Crippen molar-refractivity contribution in [2.24, 2.45) is 17.8 Å². The van der Waals surface area contributed by atoms with E-state index in [2.05, 4.69) is 21.9 Å². The maximum absolute atomic E-state index is 15.3. The highest BCUT2D eigenvalue weighted by Crippen LogP contribution is 2.46. The van der Waals surface area contributed by atoms with Gasteiger partial charge in [-0.15, -0.1) is 0 Å². The van der Waals surface area contributed by atoms with Gasteiger partial charge in [-0.3, -0.25) is 29.0 Å². The SMILES string of the molecule is COc1ccc2c(O[C@@H]3C[C@H]4C(=O)N[C@]5(C(=O)NS(=O)(=O)C6CC6)C[C@H]5C=CCC[C@H](C)C[C@@H](C)[C@H](N(C(=O)O)C(C)(C)C)C(=O)N4C3)nc(-c3ccc(OC(C)C)cn3)cc2c1. The Bertz CT molecular complexity index is 2380. The van der Waals surface area contributed by atoms with E-state index in [1.807, 2.05) is 51.1 Å². The summed E-state index contributed by atoms with van der Waals surface area (Å²) in [6.45, 7) is 12.9. The number of hydrogen-bond acceptors (Lipinski definition) is 11. The highest BCUT2D eigenvalue weighted by Gasteiger charge is 2.62. The molecule has 0 bridgehead atoms. The van der Waals surface area contributed by atoms with Crippen LogP contribution in [0.15, 0.2) is 54.7 Å². The van der Waals surface area contributed by atoms with Gasteiger partial charge in [-0.05, 0) is 127 Å². The van der Waals surface area contributed by atoms with Crippen molar-refractivity contribution < 1.29 is 46.9 Å². The zero-order valence-corrected chi connectivity index (χ0v) is 38.1. The molecule has 3 N–H and O–H groups in total. The van der Waals surface area contributed by atoms with Gasteiger partial charge in [-0.25, -0.2) is 18.2 Å². The topological polar surface area (TPSA) is 207 Å². The summed E-state index contributed by atoms with van der Waals surface area (Å²) in [6.07, 6.45) is 6.16. The zero-order chi connectivity index (χ0) is 45.6. The predicted molar refractivity (Wildman–Crippen MR) is 236 cm³/mol. The van der Waals surface area contributed by atoms with Crippen LogP contribution in [0.5, 0.6) is 17.4 Å². The number of nitrogens with zero attached hydrogens (tertiary/aromatic N) is 4. The van der Waals surface area contributed by atoms with Gasteiger partial charge >= 0.3 is 6.09 Å². The molecule has 4 aliphatic rings. The summed E-state index contributed by atoms with van der Waals surface area (Å²) < 4.78 is 46.3. The first-order chi connectivity index (χ1) is 29.7. The minimum absolute atomic E-state index is 0.0424. The van der Waals surface area contributed by atoms with Crippen molar-refractivity contribution in [3.05, 3.63) is 54.7 Å². The largest absolute Gasteiger partial charge is 0.497 e. The molecule has 16 nitrogen and oxygen atoms in total. The number of ether oxygens (including phenoxy) is 3. The number of aromatic nitrogens is 2. The molecule has 4 heterocycles. The molecule has 340 valence electrons. The average Bonchev–Trinajstić information content (AvgIpc) is 4.14. The van der Waals surface area contributed by atoms with Crippen LogP contribution >= 0.6 is 0 Å². The Labute approximate surface area is 369 Å². The minimum atomic E-state index is -3.95. The van der Waals surface area contributed by atoms with Crippen molar-refractivity contribution in [3.8, 4) is 28.8 Å². The Morgan fingerprint density at radius 2 is 1.76 bits per heavy atom. The van der Waals surface area contributed by atoms with E-state index < -0.39 is 80.2 Å². The normalized spacial score (nSPS) is 26.8. The Kier molecular flexibility index (Phi) is 12.7. The number of sulfonamides is 1. The summed E-state index contributed by atoms with van der Waals surface area (Å²) in [5.74, 6) is -1.53. The molecule has 2 aliphatic heterocycles. The fraction of sp³-hybridized carbons (Fsp3) is 0.565. The molecule has 0 spiro atoms. The number of carboxylic acid groups (broad SMARTS) is 1. The van der Waals surface area contributed by atoms with E-state index in [1.165, 1.54) is 9.80 Å². The maximum Gasteiger partial charge on any atom is 0.408 e. The second-order valence-corrected chi connectivity index (χ2v) is 20.9. The fourth-order valence-corrected chi connectivity index (χ4v) is 10.4. The molecular formula is C46H60N6O10S. The van der Waals surface area contributed by atoms with Crippen molar-refractivity contribution in [1.82, 2.24) is 29.8 Å². The maximum atomic E-state index is 15.3. The van der Waals surface area contributed by atoms with Crippen LogP contribution < -0.4 is 24.2 Å². The lowest BCUT2D eigenvalue weighted by atomic mass is 9.85. The summed E-state index contributed by atoms with van der Waals surface area (Å²) >= 11 is 0. The Morgan fingerprint density at radius 1 is 1.03 bits per heavy atom. The monoisotopic (exact) mass is 888 g/mol. The molecule has 3 fully saturated rings. The number of pyridine rings is 2. The smallest absolute Gasteiger partial charge is 0.408 e. The quantitative estimate of drug-likeness (QED) is 0.198. The molecule has 1 saturated heterocycles. The number of hydrogen-bond donors (Lipinski definition) is 3. The van der Waals surface area contributed by atoms with E-state index >= 15 is 4.79 Å². The van der Waals surface area contributed by atoms with Crippen molar-refractivity contribution >= 4 is 44.6 Å². The lowest BCUT2D eigenvalue weighted by Gasteiger charge is -2.43. The second kappa shape index (κ2) is 17.6. The molecule has 3 aromatic rings. The molecule has 7 rings (SSSR count). The second-order valence-electron chi connectivity index (χ2n) is 19.0. The van der Waals surface area contributed by atoms with Gasteiger partial charge in [0, 0.05) is 23.3 Å². The van der Waals surface area contributed by atoms with E-state index in [0.29, 0.717) is 54.0 Å². The van der Waals surface area contributed by atoms with Gasteiger partial charge in [0.1, 0.15) is 35.2 Å². The van der Waals surface area contributed by atoms with Crippen molar-refractivity contribution in [2.45, 2.75) is 134 Å². The van der Waals surface area contributed by atoms with E-state index in [9.17, 15) is 27.9 Å². The number of benzene rings is 1. The zero-order valence-electron chi connectivity index (χ0n) is 37.3. The third kappa shape index (κ3) is 9.87. The van der Waals surface area contributed by atoms with Crippen LogP contribution in [-0.4, -0.2) is 111 Å². The molecule has 2 saturated carbocycles. The van der Waals surface area contributed by atoms with Gasteiger partial charge in [0.15, 0.2) is 0 Å². The number of rotatable bonds is 10. The first kappa shape index (κ1) is 45.6. The van der Waals surface area contributed by atoms with Crippen molar-refractivity contribution in [3.63, 3.8) is 0 Å². The van der Waals surface area contributed by atoms with Gasteiger partial charge in [0.05, 0.1) is 42.6 Å². The number of carbonyl (C=O) groups is 4. The highest BCUT2D eigenvalue weighted by molar-refractivity contribution is 7.91. The van der Waals surface area contributed by atoms with E-state index in [1.54, 1.807) is 52.3 Å². The van der Waals surface area contributed by atoms with Gasteiger partial charge in [-0.2, -0.15) is 0 Å². The number of fused-ring (bicyclic) bond motifs is 3. The lowest BCUT2D eigenvalue weighted by molar-refractivity contribution is -0.146. The van der Waals surface area contributed by atoms with Crippen LogP contribution in [0.25, 0.3) is 22.2 Å². The van der Waals surface area contributed by atoms with E-state index in [-0.39, 0.29) is 37.3 Å². The standard InChI is InChI=1S/C46H60N6O10S/c1-26(2)61-32-14-18-36(47-24-32)37-21-29-20-31(60-8)13-17-35(29)41(48-37)62-33-22-38-40(53)49-46(43(55)50-63(58,59)34-15-16-34)23-30(46)12-10-9-11-27(3)19-28(4)39(42(54)51(38)25-33)52(44(56)57)45(5,6)7/h10,12-14,17-18,20-21,24,26-28,30,33-34,38-39H,9,11,15-16,19,22-23,25H2,1-8H3,(H,49,53)(H,50,55)(H,56,57)/t27-,28+,30+,33+,38-,39-,46+/m0/s1. The van der Waals surface area contributed by atoms with Crippen molar-refractivity contribution in [1.29, 1.82) is 0 Å². The Morgan fingerprint density at radius 3 is 2.40 bits per heavy atom. The summed E-state index contributed by atoms with van der Waals surface area (Å²) in [4.78, 5) is 69.3. The van der Waals surface area contributed by atoms with Gasteiger partial charge in [-0.1, -0.05) is 26.0 Å². The van der Waals surface area contributed by atoms with Crippen LogP contribution in [-0.2, 0) is 24.4 Å². The highest BCUT2D eigenvalue weighted by atomic mass is 32.2. The van der Waals surface area contributed by atoms with Crippen molar-refractivity contribution in [2.75, 3.05) is 13.7 Å².